The molecule has 1 unspecified atom stereocenters. The summed E-state index contributed by atoms with van der Waals surface area (Å²) in [4.78, 5) is 16.1. The third-order valence-electron chi connectivity index (χ3n) is 4.71. The molecule has 1 amide bonds. The van der Waals surface area contributed by atoms with Crippen LogP contribution in [0.25, 0.3) is 0 Å². The van der Waals surface area contributed by atoms with E-state index in [-0.39, 0.29) is 17.7 Å². The molecule has 21 heavy (non-hydrogen) atoms. The number of carbonyl (C=O) groups excluding carboxylic acids is 1. The Morgan fingerprint density at radius 2 is 1.71 bits per heavy atom. The van der Waals surface area contributed by atoms with Crippen molar-refractivity contribution in [2.24, 2.45) is 11.7 Å². The number of hydrogen-bond donors (Lipinski definition) is 1. The van der Waals surface area contributed by atoms with Gasteiger partial charge in [-0.25, -0.2) is 0 Å². The van der Waals surface area contributed by atoms with Crippen molar-refractivity contribution in [2.75, 3.05) is 33.2 Å². The zero-order chi connectivity index (χ0) is 15.4. The van der Waals surface area contributed by atoms with Crippen molar-refractivity contribution >= 4 is 5.91 Å². The van der Waals surface area contributed by atoms with Crippen LogP contribution in [-0.2, 0) is 11.3 Å². The molecule has 0 bridgehead atoms. The molecule has 0 radical (unpaired) electrons. The summed E-state index contributed by atoms with van der Waals surface area (Å²) >= 11 is 0. The SMILES string of the molecule is CC(C(N)=O)[C@H](C)c1ccc(CN2CCN(C)CC2)cc1. The van der Waals surface area contributed by atoms with E-state index < -0.39 is 0 Å². The molecule has 1 aliphatic heterocycles. The Bertz CT molecular complexity index is 463. The number of likely N-dealkylation sites (N-methyl/N-ethyl adjacent to an activating group) is 1. The predicted octanol–water partition coefficient (Wildman–Crippen LogP) is 1.66. The summed E-state index contributed by atoms with van der Waals surface area (Å²) in [7, 11) is 2.17. The first kappa shape index (κ1) is 16.0. The molecule has 0 aromatic heterocycles. The van der Waals surface area contributed by atoms with Gasteiger partial charge in [-0.3, -0.25) is 9.69 Å². The first-order chi connectivity index (χ1) is 9.97. The van der Waals surface area contributed by atoms with E-state index in [1.165, 1.54) is 11.1 Å². The van der Waals surface area contributed by atoms with Crippen LogP contribution in [0.4, 0.5) is 0 Å². The summed E-state index contributed by atoms with van der Waals surface area (Å²) in [5, 5.41) is 0. The predicted molar refractivity (Wildman–Crippen MR) is 86.0 cm³/mol. The summed E-state index contributed by atoms with van der Waals surface area (Å²) in [5.74, 6) is -0.197. The zero-order valence-electron chi connectivity index (χ0n) is 13.4. The largest absolute Gasteiger partial charge is 0.369 e. The lowest BCUT2D eigenvalue weighted by Crippen LogP contribution is -2.43. The summed E-state index contributed by atoms with van der Waals surface area (Å²) in [6.45, 7) is 9.52. The number of piperazine rings is 1. The van der Waals surface area contributed by atoms with Gasteiger partial charge < -0.3 is 10.6 Å². The molecule has 2 N–H and O–H groups in total. The number of rotatable bonds is 5. The molecule has 1 aromatic rings. The van der Waals surface area contributed by atoms with E-state index in [2.05, 4.69) is 48.0 Å². The summed E-state index contributed by atoms with van der Waals surface area (Å²) in [6.07, 6.45) is 0. The average Bonchev–Trinajstić information content (AvgIpc) is 2.49. The topological polar surface area (TPSA) is 49.6 Å². The molecule has 1 saturated heterocycles. The van der Waals surface area contributed by atoms with Crippen molar-refractivity contribution < 1.29 is 4.79 Å². The number of benzene rings is 1. The van der Waals surface area contributed by atoms with Gasteiger partial charge in [0.2, 0.25) is 5.91 Å². The highest BCUT2D eigenvalue weighted by atomic mass is 16.1. The van der Waals surface area contributed by atoms with E-state index in [4.69, 9.17) is 5.73 Å². The van der Waals surface area contributed by atoms with Crippen molar-refractivity contribution in [3.63, 3.8) is 0 Å². The highest BCUT2D eigenvalue weighted by Crippen LogP contribution is 2.24. The number of hydrogen-bond acceptors (Lipinski definition) is 3. The lowest BCUT2D eigenvalue weighted by Gasteiger charge is -2.32. The molecule has 1 heterocycles. The van der Waals surface area contributed by atoms with Crippen LogP contribution in [-0.4, -0.2) is 48.9 Å². The molecular weight excluding hydrogens is 262 g/mol. The first-order valence-corrected chi connectivity index (χ1v) is 7.76. The Hall–Kier alpha value is -1.39. The minimum absolute atomic E-state index is 0.131. The second kappa shape index (κ2) is 7.05. The van der Waals surface area contributed by atoms with Crippen LogP contribution in [0.2, 0.25) is 0 Å². The molecule has 2 atom stereocenters. The number of primary amides is 1. The van der Waals surface area contributed by atoms with Crippen molar-refractivity contribution in [2.45, 2.75) is 26.3 Å². The molecule has 116 valence electrons. The fourth-order valence-electron chi connectivity index (χ4n) is 2.73. The first-order valence-electron chi connectivity index (χ1n) is 7.76. The van der Waals surface area contributed by atoms with Crippen molar-refractivity contribution in [1.29, 1.82) is 0 Å². The molecular formula is C17H27N3O. The highest BCUT2D eigenvalue weighted by Gasteiger charge is 2.19. The lowest BCUT2D eigenvalue weighted by atomic mass is 9.88. The molecule has 0 spiro atoms. The third kappa shape index (κ3) is 4.29. The molecule has 4 heteroatoms. The smallest absolute Gasteiger partial charge is 0.220 e. The molecule has 0 saturated carbocycles. The Labute approximate surface area is 127 Å². The molecule has 0 aliphatic carbocycles. The number of carbonyl (C=O) groups is 1. The number of amides is 1. The monoisotopic (exact) mass is 289 g/mol. The van der Waals surface area contributed by atoms with Gasteiger partial charge in [0.15, 0.2) is 0 Å². The van der Waals surface area contributed by atoms with Crippen molar-refractivity contribution in [1.82, 2.24) is 9.80 Å². The quantitative estimate of drug-likeness (QED) is 0.897. The standard InChI is InChI=1S/C17H27N3O/c1-13(14(2)17(18)21)16-6-4-15(5-7-16)12-20-10-8-19(3)9-11-20/h4-7,13-14H,8-12H2,1-3H3,(H2,18,21)/t13-,14?/m0/s1. The maximum absolute atomic E-state index is 11.3. The Kier molecular flexibility index (Phi) is 5.37. The fraction of sp³-hybridized carbons (Fsp3) is 0.588. The van der Waals surface area contributed by atoms with Crippen LogP contribution in [0, 0.1) is 5.92 Å². The maximum atomic E-state index is 11.3. The van der Waals surface area contributed by atoms with E-state index in [9.17, 15) is 4.79 Å². The summed E-state index contributed by atoms with van der Waals surface area (Å²) < 4.78 is 0. The van der Waals surface area contributed by atoms with E-state index in [0.717, 1.165) is 32.7 Å². The van der Waals surface area contributed by atoms with Gasteiger partial charge in [-0.1, -0.05) is 38.1 Å². The minimum Gasteiger partial charge on any atom is -0.369 e. The van der Waals surface area contributed by atoms with Crippen LogP contribution in [0.5, 0.6) is 0 Å². The van der Waals surface area contributed by atoms with Gasteiger partial charge in [-0.2, -0.15) is 0 Å². The van der Waals surface area contributed by atoms with Gasteiger partial charge >= 0.3 is 0 Å². The highest BCUT2D eigenvalue weighted by molar-refractivity contribution is 5.77. The Morgan fingerprint density at radius 1 is 1.14 bits per heavy atom. The second-order valence-electron chi connectivity index (χ2n) is 6.30. The number of nitrogens with zero attached hydrogens (tertiary/aromatic N) is 2. The maximum Gasteiger partial charge on any atom is 0.220 e. The minimum atomic E-state index is -0.232. The van der Waals surface area contributed by atoms with Crippen LogP contribution in [0.3, 0.4) is 0 Å². The van der Waals surface area contributed by atoms with Crippen LogP contribution in [0.1, 0.15) is 30.9 Å². The van der Waals surface area contributed by atoms with Gasteiger partial charge in [-0.15, -0.1) is 0 Å². The molecule has 1 aromatic carbocycles. The molecule has 4 nitrogen and oxygen atoms in total. The van der Waals surface area contributed by atoms with Gasteiger partial charge in [-0.05, 0) is 24.1 Å². The van der Waals surface area contributed by atoms with Crippen molar-refractivity contribution in [3.05, 3.63) is 35.4 Å². The van der Waals surface area contributed by atoms with Gasteiger partial charge in [0.1, 0.15) is 0 Å². The third-order valence-corrected chi connectivity index (χ3v) is 4.71. The molecule has 2 rings (SSSR count). The normalized spacial score (nSPS) is 20.1. The summed E-state index contributed by atoms with van der Waals surface area (Å²) in [5.41, 5.74) is 7.91. The second-order valence-corrected chi connectivity index (χ2v) is 6.30. The van der Waals surface area contributed by atoms with Gasteiger partial charge in [0.05, 0.1) is 0 Å². The van der Waals surface area contributed by atoms with Gasteiger partial charge in [0, 0.05) is 38.6 Å². The van der Waals surface area contributed by atoms with Crippen LogP contribution >= 0.6 is 0 Å². The Morgan fingerprint density at radius 3 is 2.24 bits per heavy atom. The fourth-order valence-corrected chi connectivity index (χ4v) is 2.73. The van der Waals surface area contributed by atoms with E-state index in [1.54, 1.807) is 0 Å². The van der Waals surface area contributed by atoms with Crippen molar-refractivity contribution in [3.8, 4) is 0 Å². The molecule has 1 fully saturated rings. The van der Waals surface area contributed by atoms with E-state index >= 15 is 0 Å². The zero-order valence-corrected chi connectivity index (χ0v) is 13.4. The Balaban J connectivity index is 1.94. The summed E-state index contributed by atoms with van der Waals surface area (Å²) in [6, 6.07) is 8.63. The lowest BCUT2D eigenvalue weighted by molar-refractivity contribution is -0.121. The van der Waals surface area contributed by atoms with E-state index in [1.807, 2.05) is 6.92 Å². The number of nitrogens with two attached hydrogens (primary N) is 1. The van der Waals surface area contributed by atoms with E-state index in [0.29, 0.717) is 0 Å². The average molecular weight is 289 g/mol. The van der Waals surface area contributed by atoms with Crippen LogP contribution in [0.15, 0.2) is 24.3 Å². The van der Waals surface area contributed by atoms with Gasteiger partial charge in [0.25, 0.3) is 0 Å². The molecule has 1 aliphatic rings. The van der Waals surface area contributed by atoms with Crippen LogP contribution < -0.4 is 5.73 Å².